The third kappa shape index (κ3) is 3.08. The van der Waals surface area contributed by atoms with E-state index >= 15 is 0 Å². The molecule has 3 aliphatic rings. The Morgan fingerprint density at radius 1 is 1.11 bits per heavy atom. The highest BCUT2D eigenvalue weighted by atomic mass is 32.2. The summed E-state index contributed by atoms with van der Waals surface area (Å²) in [6, 6.07) is 19.0. The first kappa shape index (κ1) is 21.9. The molecule has 0 aliphatic carbocycles. The fraction of sp³-hybridized carbons (Fsp3) is 0.231. The maximum Gasteiger partial charge on any atom is 0.269 e. The zero-order valence-corrected chi connectivity index (χ0v) is 19.2. The molecule has 1 amide bonds. The molecule has 0 unspecified atom stereocenters. The highest BCUT2D eigenvalue weighted by Crippen LogP contribution is 2.61. The number of fused-ring (bicyclic) bond motifs is 4. The van der Waals surface area contributed by atoms with E-state index in [-0.39, 0.29) is 23.4 Å². The van der Waals surface area contributed by atoms with Crippen LogP contribution in [0.1, 0.15) is 27.4 Å². The second kappa shape index (κ2) is 8.00. The number of hydrogen-bond acceptors (Lipinski definition) is 6. The first-order chi connectivity index (χ1) is 16.9. The van der Waals surface area contributed by atoms with Crippen molar-refractivity contribution in [1.82, 2.24) is 4.90 Å². The van der Waals surface area contributed by atoms with Gasteiger partial charge in [-0.25, -0.2) is 4.39 Å². The summed E-state index contributed by atoms with van der Waals surface area (Å²) in [5, 5.41) is 14.4. The normalized spacial score (nSPS) is 27.0. The van der Waals surface area contributed by atoms with Crippen LogP contribution >= 0.6 is 11.8 Å². The highest BCUT2D eigenvalue weighted by molar-refractivity contribution is 7.99. The third-order valence-corrected chi connectivity index (χ3v) is 8.43. The summed E-state index contributed by atoms with van der Waals surface area (Å²) in [5.74, 6) is -1.38. The zero-order valence-electron chi connectivity index (χ0n) is 18.4. The van der Waals surface area contributed by atoms with E-state index in [2.05, 4.69) is 5.32 Å². The number of nitro benzene ring substituents is 1. The van der Waals surface area contributed by atoms with Crippen LogP contribution in [0.25, 0.3) is 0 Å². The van der Waals surface area contributed by atoms with Crippen molar-refractivity contribution >= 4 is 34.8 Å². The second-order valence-corrected chi connectivity index (χ2v) is 10.0. The Kier molecular flexibility index (Phi) is 5.01. The summed E-state index contributed by atoms with van der Waals surface area (Å²) < 4.78 is 14.6. The molecule has 35 heavy (non-hydrogen) atoms. The van der Waals surface area contributed by atoms with Crippen molar-refractivity contribution in [1.29, 1.82) is 0 Å². The average Bonchev–Trinajstić information content (AvgIpc) is 3.52. The lowest BCUT2D eigenvalue weighted by Gasteiger charge is -2.36. The molecule has 1 N–H and O–H groups in total. The third-order valence-electron chi connectivity index (χ3n) is 7.39. The van der Waals surface area contributed by atoms with Crippen LogP contribution in [0.3, 0.4) is 0 Å². The number of nitrogens with one attached hydrogen (secondary N) is 1. The minimum Gasteiger partial charge on any atom is -0.324 e. The van der Waals surface area contributed by atoms with Crippen LogP contribution in [0, 0.1) is 21.8 Å². The summed E-state index contributed by atoms with van der Waals surface area (Å²) in [7, 11) is 0. The van der Waals surface area contributed by atoms with Crippen molar-refractivity contribution in [3.63, 3.8) is 0 Å². The summed E-state index contributed by atoms with van der Waals surface area (Å²) >= 11 is 1.63. The fourth-order valence-electron chi connectivity index (χ4n) is 6.05. The van der Waals surface area contributed by atoms with E-state index in [0.717, 1.165) is 0 Å². The van der Waals surface area contributed by atoms with Crippen molar-refractivity contribution in [2.45, 2.75) is 17.5 Å². The van der Waals surface area contributed by atoms with E-state index in [4.69, 9.17) is 0 Å². The van der Waals surface area contributed by atoms with Gasteiger partial charge in [-0.2, -0.15) is 0 Å². The molecule has 176 valence electrons. The molecule has 2 saturated heterocycles. The maximum absolute atomic E-state index is 14.6. The molecule has 1 spiro atoms. The monoisotopic (exact) mass is 489 g/mol. The number of anilines is 1. The predicted octanol–water partition coefficient (Wildman–Crippen LogP) is 4.55. The number of benzene rings is 3. The number of nitrogens with zero attached hydrogens (tertiary/aromatic N) is 2. The largest absolute Gasteiger partial charge is 0.324 e. The van der Waals surface area contributed by atoms with Gasteiger partial charge in [0.1, 0.15) is 11.4 Å². The number of thioether (sulfide) groups is 1. The number of halogens is 1. The molecule has 4 atom stereocenters. The van der Waals surface area contributed by atoms with Gasteiger partial charge < -0.3 is 5.32 Å². The molecule has 2 fully saturated rings. The van der Waals surface area contributed by atoms with Gasteiger partial charge in [-0.1, -0.05) is 42.5 Å². The number of carbonyl (C=O) groups excluding carboxylic acids is 2. The molecule has 3 aromatic rings. The molecule has 7 nitrogen and oxygen atoms in total. The van der Waals surface area contributed by atoms with Gasteiger partial charge in [0.2, 0.25) is 5.91 Å². The molecule has 9 heteroatoms. The van der Waals surface area contributed by atoms with E-state index < -0.39 is 28.1 Å². The van der Waals surface area contributed by atoms with Crippen molar-refractivity contribution in [2.24, 2.45) is 5.92 Å². The lowest BCUT2D eigenvalue weighted by Crippen LogP contribution is -2.52. The van der Waals surface area contributed by atoms with Gasteiger partial charge in [0.25, 0.3) is 5.69 Å². The van der Waals surface area contributed by atoms with Gasteiger partial charge in [0.15, 0.2) is 5.78 Å². The number of non-ortho nitro benzene ring substituents is 1. The Bertz CT molecular complexity index is 1380. The summed E-state index contributed by atoms with van der Waals surface area (Å²) in [6.45, 7) is 0. The molecular weight excluding hydrogens is 469 g/mol. The molecular formula is C26H20FN3O4S. The molecule has 3 heterocycles. The molecule has 6 rings (SSSR count). The van der Waals surface area contributed by atoms with Crippen molar-refractivity contribution < 1.29 is 18.9 Å². The van der Waals surface area contributed by atoms with Crippen LogP contribution in [0.4, 0.5) is 15.8 Å². The standard InChI is InChI=1S/C26H20FN3O4S/c27-17-9-10-20-19(12-17)26(25(32)28-20)23(24(31)15-5-2-1-3-6-15)22(21-13-35-14-29(21)26)16-7-4-8-18(11-16)30(33)34/h1-12,21-23H,13-14H2,(H,28,32)/t21-,22+,23-,26+/m0/s1. The Labute approximate surface area is 204 Å². The number of nitro groups is 1. The van der Waals surface area contributed by atoms with Crippen LogP contribution in [0.15, 0.2) is 72.8 Å². The summed E-state index contributed by atoms with van der Waals surface area (Å²) in [5.41, 5.74) is 0.497. The number of carbonyl (C=O) groups is 2. The SMILES string of the molecule is O=C(c1ccccc1)[C@@H]1[C@H](c2cccc([N+](=O)[O-])c2)[C@@H]2CSCN2[C@@]12C(=O)Nc1ccc(F)cc12. The molecule has 0 radical (unpaired) electrons. The van der Waals surface area contributed by atoms with Gasteiger partial charge in [-0.15, -0.1) is 11.8 Å². The maximum atomic E-state index is 14.6. The minimum atomic E-state index is -1.42. The van der Waals surface area contributed by atoms with Gasteiger partial charge in [-0.3, -0.25) is 24.6 Å². The smallest absolute Gasteiger partial charge is 0.269 e. The summed E-state index contributed by atoms with van der Waals surface area (Å²) in [6.07, 6.45) is 0. The van der Waals surface area contributed by atoms with Gasteiger partial charge in [0.05, 0.1) is 10.8 Å². The first-order valence-corrected chi connectivity index (χ1v) is 12.4. The van der Waals surface area contributed by atoms with Crippen molar-refractivity contribution in [3.8, 4) is 0 Å². The number of amides is 1. The lowest BCUT2D eigenvalue weighted by atomic mass is 9.69. The topological polar surface area (TPSA) is 92.5 Å². The number of ketones is 1. The Morgan fingerprint density at radius 3 is 2.69 bits per heavy atom. The number of rotatable bonds is 4. The highest BCUT2D eigenvalue weighted by Gasteiger charge is 2.69. The molecule has 3 aliphatic heterocycles. The quantitative estimate of drug-likeness (QED) is 0.328. The summed E-state index contributed by atoms with van der Waals surface area (Å²) in [4.78, 5) is 41.2. The average molecular weight is 490 g/mol. The Morgan fingerprint density at radius 2 is 1.91 bits per heavy atom. The van der Waals surface area contributed by atoms with Gasteiger partial charge >= 0.3 is 0 Å². The van der Waals surface area contributed by atoms with E-state index in [1.165, 1.54) is 30.3 Å². The molecule has 0 saturated carbocycles. The van der Waals surface area contributed by atoms with Crippen LogP contribution in [0.2, 0.25) is 0 Å². The number of Topliss-reactive ketones (excluding diaryl/α,β-unsaturated/α-hetero) is 1. The van der Waals surface area contributed by atoms with Crippen LogP contribution < -0.4 is 5.32 Å². The van der Waals surface area contributed by atoms with E-state index in [0.29, 0.717) is 34.0 Å². The van der Waals surface area contributed by atoms with E-state index in [9.17, 15) is 24.1 Å². The minimum absolute atomic E-state index is 0.0751. The molecule has 3 aromatic carbocycles. The predicted molar refractivity (Wildman–Crippen MR) is 130 cm³/mol. The fourth-order valence-corrected chi connectivity index (χ4v) is 7.37. The molecule has 0 bridgehead atoms. The lowest BCUT2D eigenvalue weighted by molar-refractivity contribution is -0.384. The van der Waals surface area contributed by atoms with Gasteiger partial charge in [0, 0.05) is 52.5 Å². The number of hydrogen-bond donors (Lipinski definition) is 1. The second-order valence-electron chi connectivity index (χ2n) is 9.03. The van der Waals surface area contributed by atoms with Crippen LogP contribution in [-0.4, -0.2) is 39.2 Å². The van der Waals surface area contributed by atoms with E-state index in [1.807, 2.05) is 4.90 Å². The van der Waals surface area contributed by atoms with Crippen LogP contribution in [0.5, 0.6) is 0 Å². The molecule has 0 aromatic heterocycles. The van der Waals surface area contributed by atoms with Gasteiger partial charge in [-0.05, 0) is 23.8 Å². The first-order valence-electron chi connectivity index (χ1n) is 11.2. The van der Waals surface area contributed by atoms with E-state index in [1.54, 1.807) is 54.2 Å². The Hall–Kier alpha value is -3.56. The van der Waals surface area contributed by atoms with Crippen molar-refractivity contribution in [2.75, 3.05) is 16.9 Å². The Balaban J connectivity index is 1.63. The van der Waals surface area contributed by atoms with Crippen molar-refractivity contribution in [3.05, 3.63) is 105 Å². The van der Waals surface area contributed by atoms with Crippen LogP contribution in [-0.2, 0) is 10.3 Å². The zero-order chi connectivity index (χ0) is 24.3.